The van der Waals surface area contributed by atoms with Crippen LogP contribution in [0.3, 0.4) is 0 Å². The molecular weight excluding hydrogens is 328 g/mol. The summed E-state index contributed by atoms with van der Waals surface area (Å²) >= 11 is 0. The molecule has 1 fully saturated rings. The fraction of sp³-hybridized carbons (Fsp3) is 0.526. The maximum atomic E-state index is 12.3. The third kappa shape index (κ3) is 4.89. The number of carbonyl (C=O) groups excluding carboxylic acids is 1. The van der Waals surface area contributed by atoms with E-state index in [9.17, 15) is 4.79 Å². The first-order valence-electron chi connectivity index (χ1n) is 9.36. The van der Waals surface area contributed by atoms with E-state index in [1.165, 1.54) is 11.0 Å². The number of amides is 1. The maximum absolute atomic E-state index is 12.3. The third-order valence-electron chi connectivity index (χ3n) is 4.80. The standard InChI is InChI=1S/C19H28N6O/c1-3-23-9-11-24(12-10-23)15-16(2)13-20-19(26)18-14-21-25(22-18)17-7-5-4-6-8-17/h4-8,14,16H,3,9-13,15H2,1-2H3,(H,20,26). The van der Waals surface area contributed by atoms with Gasteiger partial charge in [0.2, 0.25) is 0 Å². The van der Waals surface area contributed by atoms with Crippen molar-refractivity contribution in [2.24, 2.45) is 5.92 Å². The third-order valence-corrected chi connectivity index (χ3v) is 4.80. The van der Waals surface area contributed by atoms with Gasteiger partial charge in [-0.25, -0.2) is 0 Å². The number of carbonyl (C=O) groups is 1. The van der Waals surface area contributed by atoms with Crippen LogP contribution in [0.4, 0.5) is 0 Å². The minimum absolute atomic E-state index is 0.171. The van der Waals surface area contributed by atoms with Crippen molar-refractivity contribution < 1.29 is 4.79 Å². The monoisotopic (exact) mass is 356 g/mol. The van der Waals surface area contributed by atoms with Crippen LogP contribution in [0, 0.1) is 5.92 Å². The smallest absolute Gasteiger partial charge is 0.273 e. The van der Waals surface area contributed by atoms with Crippen molar-refractivity contribution in [2.75, 3.05) is 45.8 Å². The van der Waals surface area contributed by atoms with Crippen molar-refractivity contribution in [1.29, 1.82) is 0 Å². The van der Waals surface area contributed by atoms with Gasteiger partial charge in [0.1, 0.15) is 0 Å². The average molecular weight is 356 g/mol. The van der Waals surface area contributed by atoms with Crippen LogP contribution in [0.5, 0.6) is 0 Å². The van der Waals surface area contributed by atoms with Gasteiger partial charge in [-0.05, 0) is 24.6 Å². The number of aromatic nitrogens is 3. The van der Waals surface area contributed by atoms with Crippen LogP contribution in [0.15, 0.2) is 36.5 Å². The first kappa shape index (κ1) is 18.5. The maximum Gasteiger partial charge on any atom is 0.273 e. The molecule has 1 aromatic carbocycles. The molecule has 0 aliphatic carbocycles. The van der Waals surface area contributed by atoms with Crippen LogP contribution in [0.1, 0.15) is 24.3 Å². The SMILES string of the molecule is CCN1CCN(CC(C)CNC(=O)c2cnn(-c3ccccc3)n2)CC1. The van der Waals surface area contributed by atoms with E-state index in [1.807, 2.05) is 30.3 Å². The quantitative estimate of drug-likeness (QED) is 0.809. The van der Waals surface area contributed by atoms with E-state index in [-0.39, 0.29) is 5.91 Å². The minimum atomic E-state index is -0.171. The molecule has 1 atom stereocenters. The van der Waals surface area contributed by atoms with Gasteiger partial charge in [-0.3, -0.25) is 4.79 Å². The normalized spacial score (nSPS) is 17.2. The summed E-state index contributed by atoms with van der Waals surface area (Å²) in [7, 11) is 0. The van der Waals surface area contributed by atoms with Crippen molar-refractivity contribution >= 4 is 5.91 Å². The van der Waals surface area contributed by atoms with Crippen LogP contribution >= 0.6 is 0 Å². The number of nitrogens with zero attached hydrogens (tertiary/aromatic N) is 5. The summed E-state index contributed by atoms with van der Waals surface area (Å²) < 4.78 is 0. The lowest BCUT2D eigenvalue weighted by atomic mass is 10.1. The Kier molecular flexibility index (Phi) is 6.35. The van der Waals surface area contributed by atoms with Gasteiger partial charge in [-0.15, -0.1) is 5.10 Å². The summed E-state index contributed by atoms with van der Waals surface area (Å²) in [5, 5.41) is 11.4. The number of para-hydroxylation sites is 1. The number of benzene rings is 1. The topological polar surface area (TPSA) is 66.3 Å². The van der Waals surface area contributed by atoms with Gasteiger partial charge in [0.05, 0.1) is 11.9 Å². The molecule has 7 nitrogen and oxygen atoms in total. The largest absolute Gasteiger partial charge is 0.350 e. The van der Waals surface area contributed by atoms with E-state index >= 15 is 0 Å². The fourth-order valence-corrected chi connectivity index (χ4v) is 3.20. The Hall–Kier alpha value is -2.25. The average Bonchev–Trinajstić information content (AvgIpc) is 3.18. The van der Waals surface area contributed by atoms with Crippen LogP contribution in [-0.4, -0.2) is 76.5 Å². The van der Waals surface area contributed by atoms with Gasteiger partial charge in [0.25, 0.3) is 5.91 Å². The van der Waals surface area contributed by atoms with Crippen LogP contribution < -0.4 is 5.32 Å². The molecule has 0 bridgehead atoms. The molecule has 140 valence electrons. The number of piperazine rings is 1. The lowest BCUT2D eigenvalue weighted by Crippen LogP contribution is -2.48. The Bertz CT molecular complexity index is 693. The van der Waals surface area contributed by atoms with Crippen LogP contribution in [-0.2, 0) is 0 Å². The highest BCUT2D eigenvalue weighted by Gasteiger charge is 2.18. The zero-order valence-electron chi connectivity index (χ0n) is 15.6. The summed E-state index contributed by atoms with van der Waals surface area (Å²) in [6, 6.07) is 9.58. The molecule has 1 aliphatic heterocycles. The molecule has 1 N–H and O–H groups in total. The van der Waals surface area contributed by atoms with E-state index in [0.717, 1.165) is 45.0 Å². The molecule has 1 unspecified atom stereocenters. The van der Waals surface area contributed by atoms with Gasteiger partial charge in [-0.2, -0.15) is 9.90 Å². The summed E-state index contributed by atoms with van der Waals surface area (Å²) in [5.74, 6) is 0.228. The highest BCUT2D eigenvalue weighted by atomic mass is 16.2. The van der Waals surface area contributed by atoms with Crippen molar-refractivity contribution in [2.45, 2.75) is 13.8 Å². The van der Waals surface area contributed by atoms with E-state index in [0.29, 0.717) is 18.2 Å². The molecule has 1 amide bonds. The predicted molar refractivity (Wildman–Crippen MR) is 101 cm³/mol. The lowest BCUT2D eigenvalue weighted by Gasteiger charge is -2.35. The summed E-state index contributed by atoms with van der Waals surface area (Å²) in [6.07, 6.45) is 1.51. The molecule has 1 saturated heterocycles. The molecule has 1 aliphatic rings. The van der Waals surface area contributed by atoms with Crippen molar-refractivity contribution in [3.05, 3.63) is 42.2 Å². The van der Waals surface area contributed by atoms with Gasteiger partial charge in [0, 0.05) is 39.3 Å². The highest BCUT2D eigenvalue weighted by Crippen LogP contribution is 2.06. The Balaban J connectivity index is 1.44. The number of rotatable bonds is 7. The highest BCUT2D eigenvalue weighted by molar-refractivity contribution is 5.91. The number of nitrogens with one attached hydrogen (secondary N) is 1. The minimum Gasteiger partial charge on any atom is -0.350 e. The van der Waals surface area contributed by atoms with E-state index in [4.69, 9.17) is 0 Å². The first-order valence-corrected chi connectivity index (χ1v) is 9.36. The molecule has 3 rings (SSSR count). The molecule has 26 heavy (non-hydrogen) atoms. The summed E-state index contributed by atoms with van der Waals surface area (Å²) in [4.78, 5) is 18.8. The second kappa shape index (κ2) is 8.91. The van der Waals surface area contributed by atoms with Crippen molar-refractivity contribution in [3.63, 3.8) is 0 Å². The molecule has 0 saturated carbocycles. The molecule has 7 heteroatoms. The van der Waals surface area contributed by atoms with E-state index in [2.05, 4.69) is 39.2 Å². The Morgan fingerprint density at radius 1 is 1.15 bits per heavy atom. The molecular formula is C19H28N6O. The lowest BCUT2D eigenvalue weighted by molar-refractivity contribution is 0.0928. The molecule has 0 radical (unpaired) electrons. The van der Waals surface area contributed by atoms with E-state index in [1.54, 1.807) is 0 Å². The van der Waals surface area contributed by atoms with Gasteiger partial charge in [0.15, 0.2) is 5.69 Å². The number of hydrogen-bond donors (Lipinski definition) is 1. The van der Waals surface area contributed by atoms with Gasteiger partial charge >= 0.3 is 0 Å². The Labute approximate surface area is 155 Å². The Morgan fingerprint density at radius 2 is 1.85 bits per heavy atom. The summed E-state index contributed by atoms with van der Waals surface area (Å²) in [6.45, 7) is 11.7. The fourth-order valence-electron chi connectivity index (χ4n) is 3.20. The predicted octanol–water partition coefficient (Wildman–Crippen LogP) is 1.27. The number of likely N-dealkylation sites (N-methyl/N-ethyl adjacent to an activating group) is 1. The second-order valence-corrected chi connectivity index (χ2v) is 6.90. The molecule has 1 aromatic heterocycles. The second-order valence-electron chi connectivity index (χ2n) is 6.90. The molecule has 2 heterocycles. The zero-order chi connectivity index (χ0) is 18.4. The number of hydrogen-bond acceptors (Lipinski definition) is 5. The van der Waals surface area contributed by atoms with Gasteiger partial charge < -0.3 is 15.1 Å². The van der Waals surface area contributed by atoms with E-state index < -0.39 is 0 Å². The van der Waals surface area contributed by atoms with Gasteiger partial charge in [-0.1, -0.05) is 32.0 Å². The summed E-state index contributed by atoms with van der Waals surface area (Å²) in [5.41, 5.74) is 1.18. The van der Waals surface area contributed by atoms with Crippen LogP contribution in [0.2, 0.25) is 0 Å². The Morgan fingerprint density at radius 3 is 2.54 bits per heavy atom. The molecule has 2 aromatic rings. The van der Waals surface area contributed by atoms with Crippen LogP contribution in [0.25, 0.3) is 5.69 Å². The molecule has 0 spiro atoms. The zero-order valence-corrected chi connectivity index (χ0v) is 15.6. The van der Waals surface area contributed by atoms with Crippen molar-refractivity contribution in [3.8, 4) is 5.69 Å². The van der Waals surface area contributed by atoms with Crippen molar-refractivity contribution in [1.82, 2.24) is 30.1 Å². The first-order chi connectivity index (χ1) is 12.7.